The van der Waals surface area contributed by atoms with Crippen molar-refractivity contribution in [1.29, 1.82) is 0 Å². The zero-order chi connectivity index (χ0) is 10.7. The first-order chi connectivity index (χ1) is 7.29. The second-order valence-electron chi connectivity index (χ2n) is 4.28. The Labute approximate surface area is 89.6 Å². The Balaban J connectivity index is 2.00. The van der Waals surface area contributed by atoms with E-state index in [-0.39, 0.29) is 6.04 Å². The van der Waals surface area contributed by atoms with E-state index in [1.807, 2.05) is 0 Å². The molecule has 1 saturated carbocycles. The molecule has 1 aliphatic heterocycles. The third kappa shape index (κ3) is 2.30. The molecule has 1 heterocycles. The number of carbonyl (C=O) groups excluding carboxylic acids is 2. The largest absolute Gasteiger partial charge is 0.457 e. The molecule has 84 valence electrons. The molecule has 2 rings (SSSR count). The molecule has 0 radical (unpaired) electrons. The standard InChI is InChI=1S/C11H17NO3/c13-10-11(14)15-8-7-12(10)9-5-3-1-2-4-6-9/h9H,1-8H2. The normalized spacial score (nSPS) is 24.9. The SMILES string of the molecule is O=C1OCCN(C2CCCCCC2)C1=O. The molecule has 2 aliphatic rings. The average Bonchev–Trinajstić information content (AvgIpc) is 2.50. The van der Waals surface area contributed by atoms with E-state index in [1.165, 1.54) is 25.7 Å². The minimum absolute atomic E-state index is 0.271. The van der Waals surface area contributed by atoms with Gasteiger partial charge in [0.1, 0.15) is 6.61 Å². The molecule has 15 heavy (non-hydrogen) atoms. The van der Waals surface area contributed by atoms with Crippen LogP contribution in [0.5, 0.6) is 0 Å². The zero-order valence-electron chi connectivity index (χ0n) is 8.91. The predicted octanol–water partition coefficient (Wildman–Crippen LogP) is 1.09. The second-order valence-corrected chi connectivity index (χ2v) is 4.28. The highest BCUT2D eigenvalue weighted by molar-refractivity contribution is 6.32. The van der Waals surface area contributed by atoms with E-state index in [0.29, 0.717) is 13.2 Å². The van der Waals surface area contributed by atoms with E-state index < -0.39 is 11.9 Å². The monoisotopic (exact) mass is 211 g/mol. The molecule has 1 saturated heterocycles. The number of morpholine rings is 1. The third-order valence-corrected chi connectivity index (χ3v) is 3.27. The number of rotatable bonds is 1. The number of esters is 1. The Kier molecular flexibility index (Phi) is 3.23. The van der Waals surface area contributed by atoms with Crippen LogP contribution < -0.4 is 0 Å². The molecule has 1 amide bonds. The number of hydrogen-bond donors (Lipinski definition) is 0. The summed E-state index contributed by atoms with van der Waals surface area (Å²) in [6.45, 7) is 0.941. The van der Waals surface area contributed by atoms with Gasteiger partial charge in [0.2, 0.25) is 0 Å². The molecule has 4 heteroatoms. The smallest absolute Gasteiger partial charge is 0.397 e. The van der Waals surface area contributed by atoms with Crippen molar-refractivity contribution in [1.82, 2.24) is 4.90 Å². The predicted molar refractivity (Wildman–Crippen MR) is 54.2 cm³/mol. The maximum atomic E-state index is 11.6. The second kappa shape index (κ2) is 4.64. The maximum Gasteiger partial charge on any atom is 0.397 e. The molecule has 0 spiro atoms. The van der Waals surface area contributed by atoms with Gasteiger partial charge in [0.15, 0.2) is 0 Å². The van der Waals surface area contributed by atoms with Crippen LogP contribution in [0, 0.1) is 0 Å². The molecule has 0 atom stereocenters. The van der Waals surface area contributed by atoms with Crippen LogP contribution in [0.3, 0.4) is 0 Å². The molecule has 0 bridgehead atoms. The first-order valence-corrected chi connectivity index (χ1v) is 5.77. The van der Waals surface area contributed by atoms with Crippen molar-refractivity contribution in [3.8, 4) is 0 Å². The van der Waals surface area contributed by atoms with Crippen LogP contribution in [-0.2, 0) is 14.3 Å². The molecule has 0 N–H and O–H groups in total. The zero-order valence-corrected chi connectivity index (χ0v) is 8.91. The van der Waals surface area contributed by atoms with Gasteiger partial charge in [0.25, 0.3) is 0 Å². The minimum Gasteiger partial charge on any atom is -0.457 e. The molecular weight excluding hydrogens is 194 g/mol. The van der Waals surface area contributed by atoms with Gasteiger partial charge in [-0.2, -0.15) is 0 Å². The van der Waals surface area contributed by atoms with E-state index in [2.05, 4.69) is 0 Å². The van der Waals surface area contributed by atoms with E-state index in [4.69, 9.17) is 4.74 Å². The van der Waals surface area contributed by atoms with Crippen LogP contribution in [0.4, 0.5) is 0 Å². The van der Waals surface area contributed by atoms with Crippen LogP contribution in [0.2, 0.25) is 0 Å². The highest BCUT2D eigenvalue weighted by Gasteiger charge is 2.33. The molecule has 0 aromatic heterocycles. The summed E-state index contributed by atoms with van der Waals surface area (Å²) in [5.41, 5.74) is 0. The summed E-state index contributed by atoms with van der Waals surface area (Å²) >= 11 is 0. The number of carbonyl (C=O) groups is 2. The van der Waals surface area contributed by atoms with E-state index in [1.54, 1.807) is 4.90 Å². The average molecular weight is 211 g/mol. The van der Waals surface area contributed by atoms with Gasteiger partial charge in [-0.1, -0.05) is 25.7 Å². The van der Waals surface area contributed by atoms with Crippen LogP contribution in [-0.4, -0.2) is 36.0 Å². The topological polar surface area (TPSA) is 46.6 Å². The van der Waals surface area contributed by atoms with Gasteiger partial charge in [0, 0.05) is 6.04 Å². The van der Waals surface area contributed by atoms with Gasteiger partial charge in [-0.25, -0.2) is 4.79 Å². The number of cyclic esters (lactones) is 1. The van der Waals surface area contributed by atoms with Crippen molar-refractivity contribution < 1.29 is 14.3 Å². The summed E-state index contributed by atoms with van der Waals surface area (Å²) in [4.78, 5) is 24.4. The lowest BCUT2D eigenvalue weighted by molar-refractivity contribution is -0.168. The molecule has 4 nitrogen and oxygen atoms in total. The maximum absolute atomic E-state index is 11.6. The fraction of sp³-hybridized carbons (Fsp3) is 0.818. The Bertz CT molecular complexity index is 257. The lowest BCUT2D eigenvalue weighted by atomic mass is 10.1. The summed E-state index contributed by atoms with van der Waals surface area (Å²) in [6, 6.07) is 0.271. The third-order valence-electron chi connectivity index (χ3n) is 3.27. The van der Waals surface area contributed by atoms with Crippen molar-refractivity contribution in [3.63, 3.8) is 0 Å². The molecule has 0 unspecified atom stereocenters. The van der Waals surface area contributed by atoms with Crippen molar-refractivity contribution >= 4 is 11.9 Å². The fourth-order valence-corrected chi connectivity index (χ4v) is 2.44. The number of hydrogen-bond acceptors (Lipinski definition) is 3. The number of ether oxygens (including phenoxy) is 1. The Morgan fingerprint density at radius 3 is 2.40 bits per heavy atom. The quantitative estimate of drug-likeness (QED) is 0.370. The van der Waals surface area contributed by atoms with E-state index >= 15 is 0 Å². The van der Waals surface area contributed by atoms with Crippen LogP contribution in [0.1, 0.15) is 38.5 Å². The summed E-state index contributed by atoms with van der Waals surface area (Å²) in [6.07, 6.45) is 6.93. The summed E-state index contributed by atoms with van der Waals surface area (Å²) < 4.78 is 4.71. The van der Waals surface area contributed by atoms with Crippen LogP contribution in [0.25, 0.3) is 0 Å². The fourth-order valence-electron chi connectivity index (χ4n) is 2.44. The molecule has 0 aromatic carbocycles. The van der Waals surface area contributed by atoms with Gasteiger partial charge < -0.3 is 9.64 Å². The first-order valence-electron chi connectivity index (χ1n) is 5.77. The van der Waals surface area contributed by atoms with Gasteiger partial charge in [-0.05, 0) is 12.8 Å². The first kappa shape index (κ1) is 10.5. The highest BCUT2D eigenvalue weighted by atomic mass is 16.5. The molecule has 1 aliphatic carbocycles. The van der Waals surface area contributed by atoms with Gasteiger partial charge in [0.05, 0.1) is 6.54 Å². The lowest BCUT2D eigenvalue weighted by Crippen LogP contribution is -2.50. The minimum atomic E-state index is -0.675. The Morgan fingerprint density at radius 1 is 1.07 bits per heavy atom. The van der Waals surface area contributed by atoms with E-state index in [0.717, 1.165) is 12.8 Å². The van der Waals surface area contributed by atoms with Crippen LogP contribution >= 0.6 is 0 Å². The number of amides is 1. The highest BCUT2D eigenvalue weighted by Crippen LogP contribution is 2.23. The molecule has 0 aromatic rings. The van der Waals surface area contributed by atoms with Gasteiger partial charge >= 0.3 is 11.9 Å². The van der Waals surface area contributed by atoms with Crippen molar-refractivity contribution in [2.45, 2.75) is 44.6 Å². The Hall–Kier alpha value is -1.06. The van der Waals surface area contributed by atoms with E-state index in [9.17, 15) is 9.59 Å². The summed E-state index contributed by atoms with van der Waals surface area (Å²) in [7, 11) is 0. The van der Waals surface area contributed by atoms with Crippen molar-refractivity contribution in [2.75, 3.05) is 13.2 Å². The summed E-state index contributed by atoms with van der Waals surface area (Å²) in [5, 5.41) is 0. The van der Waals surface area contributed by atoms with Crippen molar-refractivity contribution in [2.24, 2.45) is 0 Å². The lowest BCUT2D eigenvalue weighted by Gasteiger charge is -2.32. The molecule has 2 fully saturated rings. The molecular formula is C11H17NO3. The Morgan fingerprint density at radius 2 is 1.73 bits per heavy atom. The number of nitrogens with zero attached hydrogens (tertiary/aromatic N) is 1. The van der Waals surface area contributed by atoms with Crippen molar-refractivity contribution in [3.05, 3.63) is 0 Å². The van der Waals surface area contributed by atoms with Gasteiger partial charge in [-0.3, -0.25) is 4.79 Å². The summed E-state index contributed by atoms with van der Waals surface area (Å²) in [5.74, 6) is -1.11. The van der Waals surface area contributed by atoms with Crippen LogP contribution in [0.15, 0.2) is 0 Å². The van der Waals surface area contributed by atoms with Gasteiger partial charge in [-0.15, -0.1) is 0 Å².